The summed E-state index contributed by atoms with van der Waals surface area (Å²) in [5, 5.41) is 12.9. The zero-order chi connectivity index (χ0) is 42.2. The Balaban J connectivity index is 1.05. The molecular weight excluding hydrogens is 791 g/mol. The third kappa shape index (κ3) is 5.33. The molecule has 0 fully saturated rings. The summed E-state index contributed by atoms with van der Waals surface area (Å²) in [5.41, 5.74) is 10.7. The number of hydrogen-bond acceptors (Lipinski definition) is 0. The Morgan fingerprint density at radius 2 is 0.500 bits per heavy atom. The summed E-state index contributed by atoms with van der Waals surface area (Å²) in [4.78, 5) is 0. The van der Waals surface area contributed by atoms with Crippen LogP contribution in [-0.4, -0.2) is 21.8 Å². The molecular formula is C60H41N3Si. The number of nitrogens with zero attached hydrogens (tertiary/aromatic N) is 3. The van der Waals surface area contributed by atoms with Crippen LogP contribution in [-0.2, 0) is 0 Å². The fourth-order valence-corrected chi connectivity index (χ4v) is 15.7. The Morgan fingerprint density at radius 1 is 0.203 bits per heavy atom. The first-order chi connectivity index (χ1) is 31.8. The van der Waals surface area contributed by atoms with Crippen LogP contribution in [0.3, 0.4) is 0 Å². The predicted molar refractivity (Wildman–Crippen MR) is 273 cm³/mol. The van der Waals surface area contributed by atoms with E-state index in [4.69, 9.17) is 0 Å². The minimum Gasteiger partial charge on any atom is -0.309 e. The molecule has 64 heavy (non-hydrogen) atoms. The second-order valence-electron chi connectivity index (χ2n) is 16.9. The van der Waals surface area contributed by atoms with E-state index in [1.54, 1.807) is 0 Å². The van der Waals surface area contributed by atoms with E-state index in [9.17, 15) is 0 Å². The molecule has 0 N–H and O–H groups in total. The van der Waals surface area contributed by atoms with E-state index in [1.807, 2.05) is 0 Å². The molecule has 3 nitrogen and oxygen atoms in total. The number of rotatable bonds is 7. The highest BCUT2D eigenvalue weighted by Crippen LogP contribution is 2.37. The first kappa shape index (κ1) is 36.5. The number of benzene rings is 10. The Morgan fingerprint density at radius 3 is 0.891 bits per heavy atom. The van der Waals surface area contributed by atoms with Gasteiger partial charge in [-0.05, 0) is 93.5 Å². The van der Waals surface area contributed by atoms with Crippen LogP contribution in [0.15, 0.2) is 249 Å². The van der Waals surface area contributed by atoms with Gasteiger partial charge in [0.2, 0.25) is 0 Å². The molecule has 300 valence electrons. The predicted octanol–water partition coefficient (Wildman–Crippen LogP) is 12.4. The summed E-state index contributed by atoms with van der Waals surface area (Å²) in [6.45, 7) is 0. The normalized spacial score (nSPS) is 12.1. The Bertz CT molecular complexity index is 3770. The molecule has 0 unspecified atom stereocenters. The van der Waals surface area contributed by atoms with Crippen LogP contribution >= 0.6 is 0 Å². The van der Waals surface area contributed by atoms with Crippen molar-refractivity contribution in [3.05, 3.63) is 249 Å². The highest BCUT2D eigenvalue weighted by molar-refractivity contribution is 7.20. The van der Waals surface area contributed by atoms with Crippen molar-refractivity contribution < 1.29 is 0 Å². The summed E-state index contributed by atoms with van der Waals surface area (Å²) in [6, 6.07) is 92.4. The zero-order valence-electron chi connectivity index (χ0n) is 35.0. The van der Waals surface area contributed by atoms with Gasteiger partial charge in [0, 0.05) is 49.4 Å². The van der Waals surface area contributed by atoms with Gasteiger partial charge in [0.1, 0.15) is 0 Å². The lowest BCUT2D eigenvalue weighted by atomic mass is 10.1. The Labute approximate surface area is 372 Å². The van der Waals surface area contributed by atoms with E-state index in [0.717, 1.165) is 17.1 Å². The summed E-state index contributed by atoms with van der Waals surface area (Å²) < 4.78 is 7.35. The minimum absolute atomic E-state index is 1.15. The zero-order valence-corrected chi connectivity index (χ0v) is 36.0. The van der Waals surface area contributed by atoms with Crippen molar-refractivity contribution >= 4 is 94.2 Å². The molecule has 10 aromatic carbocycles. The van der Waals surface area contributed by atoms with Crippen LogP contribution in [0.2, 0.25) is 0 Å². The van der Waals surface area contributed by atoms with Crippen molar-refractivity contribution in [1.82, 2.24) is 13.7 Å². The van der Waals surface area contributed by atoms with Gasteiger partial charge in [-0.15, -0.1) is 0 Å². The first-order valence-corrected chi connectivity index (χ1v) is 24.1. The number of aromatic nitrogens is 3. The molecule has 13 rings (SSSR count). The maximum atomic E-state index is 2.49. The van der Waals surface area contributed by atoms with Gasteiger partial charge >= 0.3 is 0 Å². The molecule has 0 aliphatic rings. The van der Waals surface area contributed by atoms with E-state index in [-0.39, 0.29) is 0 Å². The van der Waals surface area contributed by atoms with Gasteiger partial charge in [0.25, 0.3) is 0 Å². The second-order valence-corrected chi connectivity index (χ2v) is 20.7. The molecule has 0 atom stereocenters. The number of para-hydroxylation sites is 5. The molecule has 0 amide bonds. The molecule has 0 aliphatic carbocycles. The smallest absolute Gasteiger partial charge is 0.179 e. The van der Waals surface area contributed by atoms with E-state index in [2.05, 4.69) is 262 Å². The topological polar surface area (TPSA) is 14.8 Å². The first-order valence-electron chi connectivity index (χ1n) is 22.1. The number of hydrogen-bond donors (Lipinski definition) is 0. The van der Waals surface area contributed by atoms with Crippen molar-refractivity contribution in [2.45, 2.75) is 0 Å². The Kier molecular flexibility index (Phi) is 8.23. The van der Waals surface area contributed by atoms with Gasteiger partial charge in [0.15, 0.2) is 8.07 Å². The Hall–Kier alpha value is -8.18. The van der Waals surface area contributed by atoms with Crippen molar-refractivity contribution in [3.63, 3.8) is 0 Å². The van der Waals surface area contributed by atoms with Gasteiger partial charge < -0.3 is 13.7 Å². The maximum absolute atomic E-state index is 2.99. The van der Waals surface area contributed by atoms with Crippen LogP contribution in [0.25, 0.3) is 82.5 Å². The minimum atomic E-state index is -2.99. The highest BCUT2D eigenvalue weighted by atomic mass is 28.3. The van der Waals surface area contributed by atoms with Crippen LogP contribution < -0.4 is 20.7 Å². The van der Waals surface area contributed by atoms with E-state index < -0.39 is 8.07 Å². The molecule has 0 saturated carbocycles. The molecule has 3 aromatic heterocycles. The summed E-state index contributed by atoms with van der Waals surface area (Å²) >= 11 is 0. The summed E-state index contributed by atoms with van der Waals surface area (Å²) in [5.74, 6) is 0. The van der Waals surface area contributed by atoms with Crippen molar-refractivity contribution in [2.24, 2.45) is 0 Å². The quantitative estimate of drug-likeness (QED) is 0.112. The molecule has 0 saturated heterocycles. The van der Waals surface area contributed by atoms with Gasteiger partial charge in [-0.25, -0.2) is 0 Å². The standard InChI is InChI=1S/C60H41N3Si/c1-3-21-45(22-4-1)64(46-23-5-2-6-24-46,47-25-17-19-42(39-47)61-55-32-12-7-27-49(55)50-28-8-13-33-56(50)61)48-26-18-20-43(40-48)62-59-36-16-11-31-53(59)54-41-44(37-38-60(54)62)63-57-34-14-9-29-51(57)52-30-10-15-35-58(52)63/h1-41H. The fraction of sp³-hybridized carbons (Fsp3) is 0. The second kappa shape index (κ2) is 14.5. The van der Waals surface area contributed by atoms with Crippen molar-refractivity contribution in [3.8, 4) is 17.1 Å². The van der Waals surface area contributed by atoms with Crippen LogP contribution in [0.1, 0.15) is 0 Å². The van der Waals surface area contributed by atoms with E-state index in [1.165, 1.54) is 86.2 Å². The van der Waals surface area contributed by atoms with Crippen LogP contribution in [0.5, 0.6) is 0 Å². The van der Waals surface area contributed by atoms with Gasteiger partial charge in [-0.2, -0.15) is 0 Å². The summed E-state index contributed by atoms with van der Waals surface area (Å²) in [7, 11) is -2.99. The molecule has 4 heteroatoms. The lowest BCUT2D eigenvalue weighted by Crippen LogP contribution is -2.74. The lowest BCUT2D eigenvalue weighted by Gasteiger charge is -2.35. The SMILES string of the molecule is c1ccc([Si](c2ccccc2)(c2cccc(-n3c4ccccc4c4ccccc43)c2)c2cccc(-n3c4ccccc4c4cc(-n5c6ccccc6c6ccccc65)ccc43)c2)cc1. The molecule has 13 aromatic rings. The monoisotopic (exact) mass is 831 g/mol. The fourth-order valence-electron chi connectivity index (χ4n) is 10.9. The lowest BCUT2D eigenvalue weighted by molar-refractivity contribution is 1.17. The average Bonchev–Trinajstić information content (AvgIpc) is 4.01. The maximum Gasteiger partial charge on any atom is 0.179 e. The molecule has 0 bridgehead atoms. The van der Waals surface area contributed by atoms with E-state index >= 15 is 0 Å². The van der Waals surface area contributed by atoms with Crippen molar-refractivity contribution in [2.75, 3.05) is 0 Å². The number of fused-ring (bicyclic) bond motifs is 9. The third-order valence-corrected chi connectivity index (χ3v) is 18.3. The van der Waals surface area contributed by atoms with Crippen molar-refractivity contribution in [1.29, 1.82) is 0 Å². The molecule has 0 aliphatic heterocycles. The largest absolute Gasteiger partial charge is 0.309 e. The van der Waals surface area contributed by atoms with Gasteiger partial charge in [-0.1, -0.05) is 176 Å². The molecule has 3 heterocycles. The van der Waals surface area contributed by atoms with Gasteiger partial charge in [0.05, 0.1) is 33.1 Å². The average molecular weight is 832 g/mol. The van der Waals surface area contributed by atoms with Crippen LogP contribution in [0.4, 0.5) is 0 Å². The summed E-state index contributed by atoms with van der Waals surface area (Å²) in [6.07, 6.45) is 0. The molecule has 0 spiro atoms. The third-order valence-electron chi connectivity index (χ3n) is 13.6. The highest BCUT2D eigenvalue weighted by Gasteiger charge is 2.42. The van der Waals surface area contributed by atoms with Crippen LogP contribution in [0, 0.1) is 0 Å². The molecule has 0 radical (unpaired) electrons. The van der Waals surface area contributed by atoms with E-state index in [0.29, 0.717) is 0 Å². The van der Waals surface area contributed by atoms with Gasteiger partial charge in [-0.3, -0.25) is 0 Å².